The van der Waals surface area contributed by atoms with Gasteiger partial charge in [0, 0.05) is 11.8 Å². The molecule has 3 aliphatic carbocycles. The van der Waals surface area contributed by atoms with Gasteiger partial charge in [0.05, 0.1) is 29.5 Å². The predicted molar refractivity (Wildman–Crippen MR) is 109 cm³/mol. The third-order valence-electron chi connectivity index (χ3n) is 7.38. The number of likely N-dealkylation sites (N-methyl/N-ethyl adjacent to an activating group) is 1. The van der Waals surface area contributed by atoms with Crippen LogP contribution in [0.25, 0.3) is 0 Å². The standard InChI is InChI=1S/C22H26N2O8/c1-7-8-5-4-6-9(25)11(8)18(27)14-10(7)17(26)12-15(22(14,31)32)19(28)13(21(23)30)20(29)16(12)24(2)3/h4-7,10,12,14-17,25-26,28,31-32H,1-3H3,(H2,23,30). The maximum atomic E-state index is 13.4. The smallest absolute Gasteiger partial charge is 0.255 e. The Hall–Kier alpha value is -2.79. The SMILES string of the molecule is CC1c2cccc(O)c2C(=O)C2C1C(O)C1C(N(C)C)C(=O)C(C(N)=O)=C(O)C1C2(O)O. The fourth-order valence-electron chi connectivity index (χ4n) is 6.11. The fourth-order valence-corrected chi connectivity index (χ4v) is 6.11. The van der Waals surface area contributed by atoms with E-state index in [-0.39, 0.29) is 11.3 Å². The summed E-state index contributed by atoms with van der Waals surface area (Å²) < 4.78 is 0. The number of amides is 1. The monoisotopic (exact) mass is 446 g/mol. The minimum atomic E-state index is -2.94. The second kappa shape index (κ2) is 7.11. The van der Waals surface area contributed by atoms with Crippen molar-refractivity contribution < 1.29 is 39.9 Å². The van der Waals surface area contributed by atoms with Gasteiger partial charge in [0.15, 0.2) is 17.4 Å². The summed E-state index contributed by atoms with van der Waals surface area (Å²) >= 11 is 0. The number of aromatic hydroxyl groups is 1. The van der Waals surface area contributed by atoms with Crippen molar-refractivity contribution in [2.75, 3.05) is 14.1 Å². The number of benzene rings is 1. The highest BCUT2D eigenvalue weighted by Gasteiger charge is 2.68. The normalized spacial score (nSPS) is 35.9. The van der Waals surface area contributed by atoms with Gasteiger partial charge in [-0.25, -0.2) is 0 Å². The molecule has 7 N–H and O–H groups in total. The lowest BCUT2D eigenvalue weighted by Gasteiger charge is -2.58. The Morgan fingerprint density at radius 3 is 2.25 bits per heavy atom. The molecule has 7 unspecified atom stereocenters. The van der Waals surface area contributed by atoms with E-state index in [1.807, 2.05) is 0 Å². The van der Waals surface area contributed by atoms with E-state index in [1.54, 1.807) is 19.1 Å². The van der Waals surface area contributed by atoms with Crippen molar-refractivity contribution in [1.82, 2.24) is 4.90 Å². The number of phenols is 1. The second-order valence-corrected chi connectivity index (χ2v) is 9.18. The number of carbonyl (C=O) groups excluding carboxylic acids is 3. The van der Waals surface area contributed by atoms with Crippen molar-refractivity contribution in [3.63, 3.8) is 0 Å². The van der Waals surface area contributed by atoms with Gasteiger partial charge in [0.1, 0.15) is 17.1 Å². The molecule has 1 aromatic carbocycles. The number of phenolic OH excluding ortho intramolecular Hbond substituents is 1. The number of primary amides is 1. The number of hydrogen-bond donors (Lipinski definition) is 6. The van der Waals surface area contributed by atoms with Crippen LogP contribution in [0.5, 0.6) is 5.75 Å². The Morgan fingerprint density at radius 2 is 1.69 bits per heavy atom. The maximum absolute atomic E-state index is 13.4. The van der Waals surface area contributed by atoms with Gasteiger partial charge < -0.3 is 31.3 Å². The van der Waals surface area contributed by atoms with E-state index in [1.165, 1.54) is 25.1 Å². The van der Waals surface area contributed by atoms with Gasteiger partial charge in [0.2, 0.25) is 0 Å². The lowest BCUT2D eigenvalue weighted by atomic mass is 9.51. The predicted octanol–water partition coefficient (Wildman–Crippen LogP) is -0.977. The molecule has 10 nitrogen and oxygen atoms in total. The van der Waals surface area contributed by atoms with E-state index in [4.69, 9.17) is 5.73 Å². The molecule has 10 heteroatoms. The molecule has 1 aromatic rings. The number of ketones is 2. The Bertz CT molecular complexity index is 1060. The Labute approximate surface area is 183 Å². The van der Waals surface area contributed by atoms with Gasteiger partial charge >= 0.3 is 0 Å². The van der Waals surface area contributed by atoms with Gasteiger partial charge in [-0.15, -0.1) is 0 Å². The van der Waals surface area contributed by atoms with E-state index in [2.05, 4.69) is 0 Å². The van der Waals surface area contributed by atoms with E-state index < -0.39 is 76.3 Å². The first-order valence-electron chi connectivity index (χ1n) is 10.3. The number of aliphatic hydroxyl groups is 4. The van der Waals surface area contributed by atoms with Crippen LogP contribution >= 0.6 is 0 Å². The molecule has 1 fully saturated rings. The topological polar surface area (TPSA) is 182 Å². The van der Waals surface area contributed by atoms with Crippen molar-refractivity contribution >= 4 is 17.5 Å². The third kappa shape index (κ3) is 2.70. The van der Waals surface area contributed by atoms with Crippen molar-refractivity contribution in [3.05, 3.63) is 40.7 Å². The molecular formula is C22H26N2O8. The van der Waals surface area contributed by atoms with Gasteiger partial charge in [0.25, 0.3) is 5.91 Å². The van der Waals surface area contributed by atoms with Crippen molar-refractivity contribution in [1.29, 1.82) is 0 Å². The second-order valence-electron chi connectivity index (χ2n) is 9.18. The molecule has 1 saturated carbocycles. The zero-order valence-electron chi connectivity index (χ0n) is 17.8. The fraction of sp³-hybridized carbons (Fsp3) is 0.500. The highest BCUT2D eigenvalue weighted by molar-refractivity contribution is 6.21. The first-order chi connectivity index (χ1) is 14.8. The average Bonchev–Trinajstić information content (AvgIpc) is 2.67. The van der Waals surface area contributed by atoms with Crippen molar-refractivity contribution in [2.45, 2.75) is 30.8 Å². The number of fused-ring (bicyclic) bond motifs is 3. The van der Waals surface area contributed by atoms with Crippen LogP contribution in [0.4, 0.5) is 0 Å². The first kappa shape index (κ1) is 22.4. The number of rotatable bonds is 2. The molecule has 0 aliphatic heterocycles. The lowest BCUT2D eigenvalue weighted by molar-refractivity contribution is -0.287. The molecule has 7 atom stereocenters. The zero-order valence-corrected chi connectivity index (χ0v) is 17.8. The largest absolute Gasteiger partial charge is 0.511 e. The molecule has 4 rings (SSSR count). The average molecular weight is 446 g/mol. The first-order valence-corrected chi connectivity index (χ1v) is 10.3. The highest BCUT2D eigenvalue weighted by Crippen LogP contribution is 2.58. The van der Waals surface area contributed by atoms with Crippen LogP contribution < -0.4 is 5.73 Å². The molecule has 172 valence electrons. The quantitative estimate of drug-likeness (QED) is 0.246. The van der Waals surface area contributed by atoms with E-state index >= 15 is 0 Å². The molecule has 0 saturated heterocycles. The lowest BCUT2D eigenvalue weighted by Crippen LogP contribution is -2.70. The van der Waals surface area contributed by atoms with Crippen LogP contribution in [0.2, 0.25) is 0 Å². The van der Waals surface area contributed by atoms with Crippen LogP contribution in [0.3, 0.4) is 0 Å². The summed E-state index contributed by atoms with van der Waals surface area (Å²) in [6, 6.07) is 3.25. The van der Waals surface area contributed by atoms with Crippen LogP contribution in [0, 0.1) is 23.7 Å². The van der Waals surface area contributed by atoms with Crippen molar-refractivity contribution in [2.24, 2.45) is 29.4 Å². The minimum absolute atomic E-state index is 0.0889. The van der Waals surface area contributed by atoms with Crippen LogP contribution in [-0.2, 0) is 9.59 Å². The minimum Gasteiger partial charge on any atom is -0.511 e. The summed E-state index contributed by atoms with van der Waals surface area (Å²) in [5.41, 5.74) is 4.86. The molecule has 0 radical (unpaired) electrons. The van der Waals surface area contributed by atoms with Crippen molar-refractivity contribution in [3.8, 4) is 5.75 Å². The molecule has 3 aliphatic rings. The number of aliphatic hydroxyl groups excluding tert-OH is 2. The number of hydrogen-bond acceptors (Lipinski definition) is 9. The molecule has 1 amide bonds. The molecule has 0 aromatic heterocycles. The molecule has 0 bridgehead atoms. The number of nitrogens with zero attached hydrogens (tertiary/aromatic N) is 1. The summed E-state index contributed by atoms with van der Waals surface area (Å²) in [5.74, 6) is -13.4. The van der Waals surface area contributed by atoms with Crippen LogP contribution in [-0.4, -0.2) is 79.9 Å². The number of nitrogens with two attached hydrogens (primary N) is 1. The Balaban J connectivity index is 1.99. The molecule has 32 heavy (non-hydrogen) atoms. The summed E-state index contributed by atoms with van der Waals surface area (Å²) in [4.78, 5) is 39.8. The Morgan fingerprint density at radius 1 is 1.06 bits per heavy atom. The maximum Gasteiger partial charge on any atom is 0.255 e. The van der Waals surface area contributed by atoms with E-state index in [9.17, 15) is 39.9 Å². The molecular weight excluding hydrogens is 420 g/mol. The Kier molecular flexibility index (Phi) is 4.98. The van der Waals surface area contributed by atoms with Gasteiger partial charge in [-0.3, -0.25) is 19.3 Å². The van der Waals surface area contributed by atoms with Crippen LogP contribution in [0.1, 0.15) is 28.8 Å². The van der Waals surface area contributed by atoms with Gasteiger partial charge in [-0.2, -0.15) is 0 Å². The summed E-state index contributed by atoms with van der Waals surface area (Å²) in [5, 5.41) is 55.1. The van der Waals surface area contributed by atoms with Gasteiger partial charge in [-0.05, 0) is 31.6 Å². The van der Waals surface area contributed by atoms with E-state index in [0.29, 0.717) is 5.56 Å². The number of Topliss-reactive ketones (excluding diaryl/α,β-unsaturated/α-hetero) is 2. The number of carbonyl (C=O) groups is 3. The summed E-state index contributed by atoms with van der Waals surface area (Å²) in [7, 11) is 3.03. The third-order valence-corrected chi connectivity index (χ3v) is 7.38. The molecule has 0 heterocycles. The van der Waals surface area contributed by atoms with E-state index in [0.717, 1.165) is 0 Å². The highest BCUT2D eigenvalue weighted by atomic mass is 16.5. The summed E-state index contributed by atoms with van der Waals surface area (Å²) in [6.07, 6.45) is -1.43. The van der Waals surface area contributed by atoms with Gasteiger partial charge in [-0.1, -0.05) is 19.1 Å². The molecule has 0 spiro atoms. The zero-order chi connectivity index (χ0) is 23.9. The van der Waals surface area contributed by atoms with Crippen LogP contribution in [0.15, 0.2) is 29.5 Å². The summed E-state index contributed by atoms with van der Waals surface area (Å²) in [6.45, 7) is 1.68.